The molecular weight excluding hydrogens is 502 g/mol. The minimum absolute atomic E-state index is 0.0303. The van der Waals surface area contributed by atoms with Gasteiger partial charge in [-0.25, -0.2) is 0 Å². The molecule has 3 aromatic rings. The first-order chi connectivity index (χ1) is 16.4. The van der Waals surface area contributed by atoms with Crippen LogP contribution in [-0.2, 0) is 17.9 Å². The first-order valence-electron chi connectivity index (χ1n) is 10.1. The number of amides is 1. The largest absolute Gasteiger partial charge is 0.497 e. The number of ether oxygens (including phenoxy) is 2. The van der Waals surface area contributed by atoms with Gasteiger partial charge in [-0.2, -0.15) is 5.26 Å². The summed E-state index contributed by atoms with van der Waals surface area (Å²) in [5.41, 5.74) is 1.86. The van der Waals surface area contributed by atoms with Crippen LogP contribution in [0.5, 0.6) is 11.5 Å². The zero-order valence-electron chi connectivity index (χ0n) is 18.2. The highest BCUT2D eigenvalue weighted by Gasteiger charge is 2.12. The van der Waals surface area contributed by atoms with Crippen molar-refractivity contribution in [3.63, 3.8) is 0 Å². The average Bonchev–Trinajstić information content (AvgIpc) is 2.85. The standard InChI is InChI=1S/C25H20BrN3O5/c1-33-23-8-5-17(6-9-23)15-28-25(30)20(14-27)12-19-13-21(26)7-10-24(19)34-16-18-3-2-4-22(11-18)29(31)32/h2-13H,15-16H2,1H3,(H,28,30)/b20-12-. The van der Waals surface area contributed by atoms with Crippen LogP contribution in [0, 0.1) is 21.4 Å². The highest BCUT2D eigenvalue weighted by molar-refractivity contribution is 9.10. The third kappa shape index (κ3) is 6.67. The number of hydrogen-bond donors (Lipinski definition) is 1. The number of hydrogen-bond acceptors (Lipinski definition) is 6. The Labute approximate surface area is 204 Å². The molecule has 0 aliphatic heterocycles. The van der Waals surface area contributed by atoms with Gasteiger partial charge in [0.2, 0.25) is 0 Å². The van der Waals surface area contributed by atoms with E-state index in [1.807, 2.05) is 18.2 Å². The van der Waals surface area contributed by atoms with E-state index in [2.05, 4.69) is 21.2 Å². The van der Waals surface area contributed by atoms with Gasteiger partial charge in [-0.3, -0.25) is 14.9 Å². The second-order valence-corrected chi connectivity index (χ2v) is 8.01. The molecule has 172 valence electrons. The molecule has 0 saturated carbocycles. The van der Waals surface area contributed by atoms with Crippen LogP contribution in [0.1, 0.15) is 16.7 Å². The van der Waals surface area contributed by atoms with Crippen LogP contribution < -0.4 is 14.8 Å². The molecule has 0 fully saturated rings. The number of rotatable bonds is 9. The van der Waals surface area contributed by atoms with E-state index in [1.54, 1.807) is 49.6 Å². The van der Waals surface area contributed by atoms with Gasteiger partial charge in [0.1, 0.15) is 29.7 Å². The molecule has 0 aromatic heterocycles. The summed E-state index contributed by atoms with van der Waals surface area (Å²) in [6.45, 7) is 0.326. The quantitative estimate of drug-likeness (QED) is 0.180. The summed E-state index contributed by atoms with van der Waals surface area (Å²) in [6.07, 6.45) is 1.44. The molecule has 0 bridgehead atoms. The third-order valence-electron chi connectivity index (χ3n) is 4.76. The fourth-order valence-electron chi connectivity index (χ4n) is 3.01. The normalized spacial score (nSPS) is 10.8. The predicted molar refractivity (Wildman–Crippen MR) is 130 cm³/mol. The summed E-state index contributed by atoms with van der Waals surface area (Å²) in [7, 11) is 1.57. The lowest BCUT2D eigenvalue weighted by Crippen LogP contribution is -2.23. The number of nitrogens with one attached hydrogen (secondary N) is 1. The van der Waals surface area contributed by atoms with Crippen LogP contribution in [-0.4, -0.2) is 17.9 Å². The number of carbonyl (C=O) groups excluding carboxylic acids is 1. The van der Waals surface area contributed by atoms with Crippen LogP contribution in [0.2, 0.25) is 0 Å². The number of halogens is 1. The van der Waals surface area contributed by atoms with Gasteiger partial charge >= 0.3 is 0 Å². The van der Waals surface area contributed by atoms with Crippen molar-refractivity contribution >= 4 is 33.6 Å². The molecule has 0 radical (unpaired) electrons. The molecule has 0 spiro atoms. The summed E-state index contributed by atoms with van der Waals surface area (Å²) in [6, 6.07) is 20.5. The van der Waals surface area contributed by atoms with Gasteiger partial charge in [0.25, 0.3) is 11.6 Å². The topological polar surface area (TPSA) is 114 Å². The molecule has 3 aromatic carbocycles. The van der Waals surface area contributed by atoms with Crippen molar-refractivity contribution in [2.75, 3.05) is 7.11 Å². The smallest absolute Gasteiger partial charge is 0.269 e. The van der Waals surface area contributed by atoms with Crippen LogP contribution in [0.25, 0.3) is 6.08 Å². The SMILES string of the molecule is COc1ccc(CNC(=O)/C(C#N)=C\c2cc(Br)ccc2OCc2cccc([N+](=O)[O-])c2)cc1. The molecule has 8 nitrogen and oxygen atoms in total. The van der Waals surface area contributed by atoms with Crippen LogP contribution in [0.15, 0.2) is 76.8 Å². The number of nitrogens with zero attached hydrogens (tertiary/aromatic N) is 2. The van der Waals surface area contributed by atoms with E-state index in [4.69, 9.17) is 9.47 Å². The van der Waals surface area contributed by atoms with Crippen molar-refractivity contribution in [3.8, 4) is 17.6 Å². The number of methoxy groups -OCH3 is 1. The van der Waals surface area contributed by atoms with Gasteiger partial charge in [-0.15, -0.1) is 0 Å². The molecule has 0 unspecified atom stereocenters. The zero-order valence-corrected chi connectivity index (χ0v) is 19.7. The number of carbonyl (C=O) groups is 1. The second kappa shape index (κ2) is 11.6. The highest BCUT2D eigenvalue weighted by atomic mass is 79.9. The number of nitro benzene ring substituents is 1. The number of nitro groups is 1. The van der Waals surface area contributed by atoms with Crippen molar-refractivity contribution in [2.24, 2.45) is 0 Å². The summed E-state index contributed by atoms with van der Waals surface area (Å²) in [5, 5.41) is 23.3. The second-order valence-electron chi connectivity index (χ2n) is 7.10. The summed E-state index contributed by atoms with van der Waals surface area (Å²) in [5.74, 6) is 0.605. The minimum atomic E-state index is -0.525. The number of benzene rings is 3. The Bertz CT molecular complexity index is 1270. The summed E-state index contributed by atoms with van der Waals surface area (Å²) in [4.78, 5) is 23.1. The van der Waals surface area contributed by atoms with Crippen LogP contribution in [0.4, 0.5) is 5.69 Å². The van der Waals surface area contributed by atoms with E-state index >= 15 is 0 Å². The molecule has 9 heteroatoms. The zero-order chi connectivity index (χ0) is 24.5. The lowest BCUT2D eigenvalue weighted by Gasteiger charge is -2.11. The molecule has 0 aliphatic rings. The van der Waals surface area contributed by atoms with Gasteiger partial charge in [-0.1, -0.05) is 40.2 Å². The van der Waals surface area contributed by atoms with Gasteiger partial charge in [0, 0.05) is 28.7 Å². The van der Waals surface area contributed by atoms with E-state index in [1.165, 1.54) is 18.2 Å². The molecule has 0 atom stereocenters. The molecular formula is C25H20BrN3O5. The van der Waals surface area contributed by atoms with E-state index in [0.29, 0.717) is 22.6 Å². The number of nitriles is 1. The molecule has 1 N–H and O–H groups in total. The molecule has 34 heavy (non-hydrogen) atoms. The first-order valence-corrected chi connectivity index (χ1v) is 10.9. The lowest BCUT2D eigenvalue weighted by molar-refractivity contribution is -0.384. The summed E-state index contributed by atoms with van der Waals surface area (Å²) < 4.78 is 11.7. The van der Waals surface area contributed by atoms with Crippen molar-refractivity contribution in [2.45, 2.75) is 13.2 Å². The van der Waals surface area contributed by atoms with E-state index in [-0.39, 0.29) is 24.4 Å². The molecule has 0 aliphatic carbocycles. The van der Waals surface area contributed by atoms with Crippen LogP contribution in [0.3, 0.4) is 0 Å². The van der Waals surface area contributed by atoms with E-state index < -0.39 is 10.8 Å². The van der Waals surface area contributed by atoms with E-state index in [9.17, 15) is 20.2 Å². The maximum absolute atomic E-state index is 12.6. The molecule has 0 heterocycles. The Morgan fingerprint density at radius 1 is 1.15 bits per heavy atom. The maximum atomic E-state index is 12.6. The highest BCUT2D eigenvalue weighted by Crippen LogP contribution is 2.27. The predicted octanol–water partition coefficient (Wildman–Crippen LogP) is 5.17. The fourth-order valence-corrected chi connectivity index (χ4v) is 3.39. The average molecular weight is 522 g/mol. The summed E-state index contributed by atoms with van der Waals surface area (Å²) >= 11 is 3.39. The first kappa shape index (κ1) is 24.5. The monoisotopic (exact) mass is 521 g/mol. The molecule has 3 rings (SSSR count). The van der Waals surface area contributed by atoms with E-state index in [0.717, 1.165) is 10.0 Å². The lowest BCUT2D eigenvalue weighted by atomic mass is 10.1. The van der Waals surface area contributed by atoms with Crippen molar-refractivity contribution in [3.05, 3.63) is 104 Å². The fraction of sp³-hybridized carbons (Fsp3) is 0.120. The van der Waals surface area contributed by atoms with Gasteiger partial charge in [-0.05, 0) is 47.5 Å². The van der Waals surface area contributed by atoms with Gasteiger partial charge in [0.15, 0.2) is 0 Å². The minimum Gasteiger partial charge on any atom is -0.497 e. The van der Waals surface area contributed by atoms with Crippen molar-refractivity contribution in [1.29, 1.82) is 5.26 Å². The number of non-ortho nitro benzene ring substituents is 1. The Balaban J connectivity index is 1.75. The third-order valence-corrected chi connectivity index (χ3v) is 5.26. The van der Waals surface area contributed by atoms with Crippen molar-refractivity contribution < 1.29 is 19.2 Å². The maximum Gasteiger partial charge on any atom is 0.269 e. The Morgan fingerprint density at radius 2 is 1.91 bits per heavy atom. The molecule has 1 amide bonds. The Kier molecular flexibility index (Phi) is 8.37. The Hall–Kier alpha value is -4.16. The molecule has 0 saturated heterocycles. The van der Waals surface area contributed by atoms with Gasteiger partial charge < -0.3 is 14.8 Å². The van der Waals surface area contributed by atoms with Crippen LogP contribution >= 0.6 is 15.9 Å². The van der Waals surface area contributed by atoms with Crippen molar-refractivity contribution in [1.82, 2.24) is 5.32 Å². The Morgan fingerprint density at radius 3 is 2.59 bits per heavy atom. The van der Waals surface area contributed by atoms with Gasteiger partial charge in [0.05, 0.1) is 12.0 Å².